The van der Waals surface area contributed by atoms with Gasteiger partial charge in [-0.2, -0.15) is 4.39 Å². The number of ether oxygens (including phenoxy) is 1. The summed E-state index contributed by atoms with van der Waals surface area (Å²) in [5.74, 6) is -3.82. The van der Waals surface area contributed by atoms with Crippen LogP contribution in [-0.4, -0.2) is 24.2 Å². The Morgan fingerprint density at radius 3 is 2.65 bits per heavy atom. The topological polar surface area (TPSA) is 72.5 Å². The predicted molar refractivity (Wildman–Crippen MR) is 59.9 cm³/mol. The van der Waals surface area contributed by atoms with E-state index in [9.17, 15) is 13.6 Å². The van der Waals surface area contributed by atoms with Crippen LogP contribution in [0.2, 0.25) is 0 Å². The molecule has 0 aliphatic rings. The fraction of sp³-hybridized carbons (Fsp3) is 0.300. The minimum atomic E-state index is -1.23. The highest BCUT2D eigenvalue weighted by Crippen LogP contribution is 2.31. The van der Waals surface area contributed by atoms with Crippen molar-refractivity contribution in [2.24, 2.45) is 5.73 Å². The normalized spacial score (nSPS) is 12.3. The lowest BCUT2D eigenvalue weighted by Gasteiger charge is -2.13. The van der Waals surface area contributed by atoms with Gasteiger partial charge in [0, 0.05) is 12.0 Å². The molecule has 7 heteroatoms. The molecular formula is C10H10BrF2NO3. The average Bonchev–Trinajstić information content (AvgIpc) is 2.26. The second-order valence-corrected chi connectivity index (χ2v) is 4.18. The Balaban J connectivity index is 3.19. The number of aliphatic carboxylic acids is 1. The summed E-state index contributed by atoms with van der Waals surface area (Å²) in [5, 5.41) is 8.65. The number of nitrogens with two attached hydrogens (primary N) is 1. The molecule has 1 aromatic carbocycles. The number of carboxylic acid groups (broad SMARTS) is 1. The fourth-order valence-corrected chi connectivity index (χ4v) is 1.77. The third-order valence-corrected chi connectivity index (χ3v) is 2.73. The molecule has 0 radical (unpaired) electrons. The van der Waals surface area contributed by atoms with Gasteiger partial charge in [0.25, 0.3) is 0 Å². The monoisotopic (exact) mass is 309 g/mol. The summed E-state index contributed by atoms with van der Waals surface area (Å²) in [5.41, 5.74) is 5.51. The predicted octanol–water partition coefficient (Wildman–Crippen LogP) is 1.69. The zero-order valence-electron chi connectivity index (χ0n) is 8.84. The van der Waals surface area contributed by atoms with Crippen LogP contribution >= 0.6 is 15.9 Å². The third-order valence-electron chi connectivity index (χ3n) is 2.16. The number of halogens is 3. The molecule has 0 saturated heterocycles. The summed E-state index contributed by atoms with van der Waals surface area (Å²) in [4.78, 5) is 10.6. The molecule has 0 heterocycles. The Labute approximate surface area is 104 Å². The van der Waals surface area contributed by atoms with E-state index in [0.29, 0.717) is 0 Å². The first-order chi connectivity index (χ1) is 7.88. The lowest BCUT2D eigenvalue weighted by molar-refractivity contribution is -0.138. The highest BCUT2D eigenvalue weighted by molar-refractivity contribution is 9.10. The first-order valence-corrected chi connectivity index (χ1v) is 5.36. The van der Waals surface area contributed by atoms with Gasteiger partial charge in [0.2, 0.25) is 5.82 Å². The highest BCUT2D eigenvalue weighted by Gasteiger charge is 2.21. The zero-order chi connectivity index (χ0) is 13.2. The van der Waals surface area contributed by atoms with Crippen LogP contribution in [-0.2, 0) is 11.2 Å². The molecule has 1 unspecified atom stereocenters. The van der Waals surface area contributed by atoms with Gasteiger partial charge in [0.05, 0.1) is 11.6 Å². The van der Waals surface area contributed by atoms with Crippen molar-refractivity contribution in [3.05, 3.63) is 27.7 Å². The minimum Gasteiger partial charge on any atom is -0.493 e. The molecule has 17 heavy (non-hydrogen) atoms. The summed E-state index contributed by atoms with van der Waals surface area (Å²) < 4.78 is 31.3. The van der Waals surface area contributed by atoms with Gasteiger partial charge in [-0.15, -0.1) is 0 Å². The van der Waals surface area contributed by atoms with Crippen LogP contribution in [0.4, 0.5) is 8.78 Å². The molecule has 1 rings (SSSR count). The van der Waals surface area contributed by atoms with E-state index in [-0.39, 0.29) is 22.2 Å². The second-order valence-electron chi connectivity index (χ2n) is 3.33. The van der Waals surface area contributed by atoms with Crippen molar-refractivity contribution >= 4 is 21.9 Å². The molecule has 0 amide bonds. The van der Waals surface area contributed by atoms with Crippen LogP contribution in [0.5, 0.6) is 5.75 Å². The minimum absolute atomic E-state index is 0.108. The molecule has 0 aromatic heterocycles. The molecule has 1 aromatic rings. The van der Waals surface area contributed by atoms with Crippen molar-refractivity contribution in [3.63, 3.8) is 0 Å². The van der Waals surface area contributed by atoms with Crippen LogP contribution in [0.1, 0.15) is 5.56 Å². The number of carbonyl (C=O) groups is 1. The van der Waals surface area contributed by atoms with Gasteiger partial charge in [-0.3, -0.25) is 4.79 Å². The first-order valence-electron chi connectivity index (χ1n) is 4.57. The number of hydrogen-bond acceptors (Lipinski definition) is 3. The lowest BCUT2D eigenvalue weighted by atomic mass is 10.1. The molecule has 94 valence electrons. The highest BCUT2D eigenvalue weighted by atomic mass is 79.9. The Hall–Kier alpha value is -1.21. The van der Waals surface area contributed by atoms with E-state index in [1.165, 1.54) is 13.2 Å². The van der Waals surface area contributed by atoms with Crippen LogP contribution in [0.25, 0.3) is 0 Å². The Bertz CT molecular complexity index is 454. The maximum atomic E-state index is 13.5. The van der Waals surface area contributed by atoms with Gasteiger partial charge in [-0.05, 0) is 22.0 Å². The Morgan fingerprint density at radius 2 is 2.18 bits per heavy atom. The molecule has 0 fully saturated rings. The lowest BCUT2D eigenvalue weighted by Crippen LogP contribution is -2.32. The van der Waals surface area contributed by atoms with Crippen LogP contribution in [0.3, 0.4) is 0 Å². The molecule has 0 aliphatic carbocycles. The van der Waals surface area contributed by atoms with Crippen molar-refractivity contribution in [2.45, 2.75) is 12.5 Å². The van der Waals surface area contributed by atoms with E-state index >= 15 is 0 Å². The molecule has 4 nitrogen and oxygen atoms in total. The molecule has 1 atom stereocenters. The van der Waals surface area contributed by atoms with Crippen LogP contribution in [0.15, 0.2) is 10.5 Å². The smallest absolute Gasteiger partial charge is 0.320 e. The van der Waals surface area contributed by atoms with Gasteiger partial charge < -0.3 is 15.6 Å². The molecule has 3 N–H and O–H groups in total. The standard InChI is InChI=1S/C10H10BrF2NO3/c1-17-9-4(3-6(14)10(15)16)2-5(11)7(12)8(9)13/h2,6H,3,14H2,1H3,(H,15,16). The Kier molecular flexibility index (Phi) is 4.41. The summed E-state index contributed by atoms with van der Waals surface area (Å²) in [6.07, 6.45) is -0.158. The number of benzene rings is 1. The second kappa shape index (κ2) is 5.42. The molecule has 0 aliphatic heterocycles. The van der Waals surface area contributed by atoms with Gasteiger partial charge in [-0.25, -0.2) is 4.39 Å². The van der Waals surface area contributed by atoms with Crippen molar-refractivity contribution < 1.29 is 23.4 Å². The third kappa shape index (κ3) is 2.92. The van der Waals surface area contributed by atoms with E-state index in [2.05, 4.69) is 15.9 Å². The van der Waals surface area contributed by atoms with Gasteiger partial charge in [0.15, 0.2) is 11.6 Å². The first kappa shape index (κ1) is 13.9. The van der Waals surface area contributed by atoms with E-state index in [0.717, 1.165) is 0 Å². The summed E-state index contributed by atoms with van der Waals surface area (Å²) >= 11 is 2.83. The Morgan fingerprint density at radius 1 is 1.59 bits per heavy atom. The maximum Gasteiger partial charge on any atom is 0.320 e. The van der Waals surface area contributed by atoms with Gasteiger partial charge in [-0.1, -0.05) is 0 Å². The molecule has 0 bridgehead atoms. The molecule has 0 spiro atoms. The van der Waals surface area contributed by atoms with Crippen molar-refractivity contribution in [3.8, 4) is 5.75 Å². The number of rotatable bonds is 4. The van der Waals surface area contributed by atoms with Gasteiger partial charge >= 0.3 is 5.97 Å². The van der Waals surface area contributed by atoms with Crippen LogP contribution in [0, 0.1) is 11.6 Å². The maximum absolute atomic E-state index is 13.5. The molecule has 0 saturated carbocycles. The fourth-order valence-electron chi connectivity index (χ4n) is 1.32. The largest absolute Gasteiger partial charge is 0.493 e. The quantitative estimate of drug-likeness (QED) is 0.830. The van der Waals surface area contributed by atoms with E-state index in [1.54, 1.807) is 0 Å². The molecular weight excluding hydrogens is 300 g/mol. The van der Waals surface area contributed by atoms with Crippen molar-refractivity contribution in [2.75, 3.05) is 7.11 Å². The average molecular weight is 310 g/mol. The number of methoxy groups -OCH3 is 1. The van der Waals surface area contributed by atoms with E-state index in [4.69, 9.17) is 15.6 Å². The van der Waals surface area contributed by atoms with Gasteiger partial charge in [0.1, 0.15) is 6.04 Å². The zero-order valence-corrected chi connectivity index (χ0v) is 10.4. The van der Waals surface area contributed by atoms with E-state index in [1.807, 2.05) is 0 Å². The van der Waals surface area contributed by atoms with Crippen molar-refractivity contribution in [1.29, 1.82) is 0 Å². The summed E-state index contributed by atoms with van der Waals surface area (Å²) in [6.45, 7) is 0. The SMILES string of the molecule is COc1c(CC(N)C(=O)O)cc(Br)c(F)c1F. The number of hydrogen-bond donors (Lipinski definition) is 2. The van der Waals surface area contributed by atoms with Crippen molar-refractivity contribution in [1.82, 2.24) is 0 Å². The van der Waals surface area contributed by atoms with E-state index < -0.39 is 23.6 Å². The summed E-state index contributed by atoms with van der Waals surface area (Å²) in [7, 11) is 1.17. The number of carboxylic acids is 1. The van der Waals surface area contributed by atoms with Crippen LogP contribution < -0.4 is 10.5 Å². The summed E-state index contributed by atoms with van der Waals surface area (Å²) in [6, 6.07) is 0.0423.